The molecule has 11 rings (SSSR count). The number of piperazine rings is 1. The lowest BCUT2D eigenvalue weighted by Crippen LogP contribution is -2.59. The minimum Gasteiger partial charge on any atom is -0.508 e. The molecule has 4 fully saturated rings. The maximum Gasteiger partial charge on any atom is 0.255 e. The smallest absolute Gasteiger partial charge is 0.255 e. The fourth-order valence-electron chi connectivity index (χ4n) is 11.0. The quantitative estimate of drug-likeness (QED) is 0.230. The summed E-state index contributed by atoms with van der Waals surface area (Å²) in [7, 11) is 0. The molecule has 306 valence electrons. The highest BCUT2D eigenvalue weighted by molar-refractivity contribution is 6.06. The van der Waals surface area contributed by atoms with Gasteiger partial charge in [-0.05, 0) is 91.3 Å². The second-order valence-corrected chi connectivity index (χ2v) is 17.8. The molecule has 3 saturated heterocycles. The van der Waals surface area contributed by atoms with E-state index in [4.69, 9.17) is 9.47 Å². The Morgan fingerprint density at radius 2 is 1.59 bits per heavy atom. The summed E-state index contributed by atoms with van der Waals surface area (Å²) in [6, 6.07) is 30.2. The zero-order chi connectivity index (χ0) is 40.1. The van der Waals surface area contributed by atoms with E-state index in [1.165, 1.54) is 62.1 Å². The largest absolute Gasteiger partial charge is 0.508 e. The Labute approximate surface area is 345 Å². The number of piperidine rings is 2. The number of nitrogens with zero attached hydrogens (tertiary/aromatic N) is 4. The van der Waals surface area contributed by atoms with Crippen molar-refractivity contribution >= 4 is 29.1 Å². The Bertz CT molecular complexity index is 2220. The predicted octanol–water partition coefficient (Wildman–Crippen LogP) is 6.14. The number of carbonyl (C=O) groups excluding carboxylic acids is 3. The number of phenols is 1. The SMILES string of the molecule is O=C1CC[C@@H](N2Cc3c(ccc4c3OCC3CN(CC5CC6(CCN(c7ccccc7)CC6)C5)CCN43)C2=O)C(=O)N1.Oc1ccc2c(c1)OC[C@H](c1ccccc1)C2. The van der Waals surface area contributed by atoms with Crippen molar-refractivity contribution < 1.29 is 29.0 Å². The molecule has 0 radical (unpaired) electrons. The first-order chi connectivity index (χ1) is 28.8. The van der Waals surface area contributed by atoms with Crippen LogP contribution >= 0.6 is 0 Å². The van der Waals surface area contributed by atoms with Crippen molar-refractivity contribution in [3.05, 3.63) is 113 Å². The topological polar surface area (TPSA) is 115 Å². The number of nitrogens with one attached hydrogen (secondary N) is 1. The minimum absolute atomic E-state index is 0.151. The normalized spacial score (nSPS) is 24.6. The number of hydrogen-bond donors (Lipinski definition) is 2. The first-order valence-electron chi connectivity index (χ1n) is 21.5. The lowest BCUT2D eigenvalue weighted by atomic mass is 9.57. The summed E-state index contributed by atoms with van der Waals surface area (Å²) in [6.45, 7) is 8.17. The van der Waals surface area contributed by atoms with E-state index in [1.54, 1.807) is 17.0 Å². The third-order valence-electron chi connectivity index (χ3n) is 14.1. The third kappa shape index (κ3) is 7.38. The summed E-state index contributed by atoms with van der Waals surface area (Å²) in [6.07, 6.45) is 6.95. The number of imide groups is 1. The fraction of sp³-hybridized carbons (Fsp3) is 0.438. The van der Waals surface area contributed by atoms with Crippen molar-refractivity contribution in [2.75, 3.05) is 62.3 Å². The second-order valence-electron chi connectivity index (χ2n) is 17.8. The van der Waals surface area contributed by atoms with Gasteiger partial charge in [0.15, 0.2) is 0 Å². The van der Waals surface area contributed by atoms with Crippen LogP contribution in [0.4, 0.5) is 11.4 Å². The molecule has 2 N–H and O–H groups in total. The van der Waals surface area contributed by atoms with Crippen molar-refractivity contribution in [2.45, 2.75) is 69.5 Å². The first kappa shape index (κ1) is 37.7. The molecule has 0 aromatic heterocycles. The van der Waals surface area contributed by atoms with Gasteiger partial charge in [-0.2, -0.15) is 0 Å². The van der Waals surface area contributed by atoms with Gasteiger partial charge in [0.05, 0.1) is 24.9 Å². The average molecular weight is 796 g/mol. The highest BCUT2D eigenvalue weighted by Crippen LogP contribution is 2.53. The van der Waals surface area contributed by atoms with Crippen LogP contribution in [0.25, 0.3) is 0 Å². The molecular weight excluding hydrogens is 743 g/mol. The Morgan fingerprint density at radius 1 is 0.814 bits per heavy atom. The lowest BCUT2D eigenvalue weighted by molar-refractivity contribution is -0.136. The summed E-state index contributed by atoms with van der Waals surface area (Å²) in [5, 5.41) is 11.8. The molecule has 4 aromatic rings. The van der Waals surface area contributed by atoms with Crippen LogP contribution in [0.5, 0.6) is 17.2 Å². The van der Waals surface area contributed by atoms with Gasteiger partial charge in [-0.3, -0.25) is 24.6 Å². The number of rotatable bonds is 5. The Balaban J connectivity index is 0.000000206. The van der Waals surface area contributed by atoms with Crippen LogP contribution in [0.2, 0.25) is 0 Å². The number of benzene rings is 4. The monoisotopic (exact) mass is 795 g/mol. The van der Waals surface area contributed by atoms with Crippen molar-refractivity contribution in [1.82, 2.24) is 15.1 Å². The molecule has 7 aliphatic rings. The number of hydrogen-bond acceptors (Lipinski definition) is 9. The van der Waals surface area contributed by atoms with Crippen LogP contribution in [0.1, 0.15) is 71.5 Å². The minimum atomic E-state index is -0.611. The standard InChI is InChI=1S/C33H39N5O4.C15H14O2/c39-29-9-8-28(31(40)34-29)38-20-26-25(32(38)41)6-7-27-30(26)42-21-24-19-35(14-15-37(24)27)18-22-16-33(17-22)10-12-36(13-11-33)23-4-2-1-3-5-23;16-14-7-6-12-8-13(10-17-15(12)9-14)11-4-2-1-3-5-11/h1-7,22,24,28H,8-21H2,(H,34,39,40);1-7,9,13,16H,8,10H2/t24?,28-;13-/m11/s1. The molecular formula is C48H53N5O6. The number of ether oxygens (including phenoxy) is 2. The summed E-state index contributed by atoms with van der Waals surface area (Å²) in [5.74, 6) is 2.28. The van der Waals surface area contributed by atoms with E-state index in [-0.39, 0.29) is 29.9 Å². The van der Waals surface area contributed by atoms with E-state index in [9.17, 15) is 19.5 Å². The van der Waals surface area contributed by atoms with Gasteiger partial charge < -0.3 is 29.3 Å². The maximum absolute atomic E-state index is 13.2. The van der Waals surface area contributed by atoms with Gasteiger partial charge in [0.2, 0.25) is 11.8 Å². The summed E-state index contributed by atoms with van der Waals surface area (Å²) >= 11 is 0. The van der Waals surface area contributed by atoms with Crippen LogP contribution in [0.3, 0.4) is 0 Å². The second kappa shape index (κ2) is 15.6. The van der Waals surface area contributed by atoms with Gasteiger partial charge in [0.25, 0.3) is 5.91 Å². The number of phenolic OH excluding ortho intramolecular Hbond substituents is 1. The van der Waals surface area contributed by atoms with Crippen LogP contribution in [-0.2, 0) is 22.6 Å². The number of para-hydroxylation sites is 1. The summed E-state index contributed by atoms with van der Waals surface area (Å²) in [5.41, 5.74) is 6.96. The van der Waals surface area contributed by atoms with Gasteiger partial charge >= 0.3 is 0 Å². The first-order valence-corrected chi connectivity index (χ1v) is 21.5. The molecule has 6 heterocycles. The average Bonchev–Trinajstić information content (AvgIpc) is 3.59. The van der Waals surface area contributed by atoms with E-state index < -0.39 is 6.04 Å². The molecule has 1 unspecified atom stereocenters. The maximum atomic E-state index is 13.2. The van der Waals surface area contributed by atoms with Crippen molar-refractivity contribution in [2.24, 2.45) is 11.3 Å². The Kier molecular flexibility index (Phi) is 9.95. The van der Waals surface area contributed by atoms with Gasteiger partial charge in [0.1, 0.15) is 29.9 Å². The van der Waals surface area contributed by atoms with E-state index in [0.717, 1.165) is 54.7 Å². The zero-order valence-electron chi connectivity index (χ0n) is 33.6. The number of amides is 3. The van der Waals surface area contributed by atoms with Crippen molar-refractivity contribution in [3.63, 3.8) is 0 Å². The summed E-state index contributed by atoms with van der Waals surface area (Å²) in [4.78, 5) is 46.6. The van der Waals surface area contributed by atoms with E-state index in [0.29, 0.717) is 49.1 Å². The van der Waals surface area contributed by atoms with Crippen molar-refractivity contribution in [1.29, 1.82) is 0 Å². The predicted molar refractivity (Wildman–Crippen MR) is 225 cm³/mol. The van der Waals surface area contributed by atoms with Crippen LogP contribution in [0.15, 0.2) is 91.0 Å². The zero-order valence-corrected chi connectivity index (χ0v) is 33.6. The molecule has 59 heavy (non-hydrogen) atoms. The number of fused-ring (bicyclic) bond motifs is 6. The number of aromatic hydroxyl groups is 1. The molecule has 1 saturated carbocycles. The summed E-state index contributed by atoms with van der Waals surface area (Å²) < 4.78 is 12.1. The molecule has 11 heteroatoms. The molecule has 3 atom stereocenters. The molecule has 4 aromatic carbocycles. The van der Waals surface area contributed by atoms with Gasteiger partial charge in [-0.25, -0.2) is 0 Å². The molecule has 3 amide bonds. The van der Waals surface area contributed by atoms with Gasteiger partial charge in [-0.1, -0.05) is 54.6 Å². The van der Waals surface area contributed by atoms with Crippen molar-refractivity contribution in [3.8, 4) is 17.2 Å². The number of anilines is 2. The lowest BCUT2D eigenvalue weighted by Gasteiger charge is -2.54. The Hall–Kier alpha value is -5.55. The highest BCUT2D eigenvalue weighted by atomic mass is 16.5. The number of carbonyl (C=O) groups is 3. The molecule has 1 spiro atoms. The fourth-order valence-corrected chi connectivity index (χ4v) is 11.0. The molecule has 11 nitrogen and oxygen atoms in total. The van der Waals surface area contributed by atoms with Crippen LogP contribution in [-0.4, -0.2) is 97.2 Å². The molecule has 6 aliphatic heterocycles. The van der Waals surface area contributed by atoms with Gasteiger partial charge in [-0.15, -0.1) is 0 Å². The molecule has 1 aliphatic carbocycles. The van der Waals surface area contributed by atoms with Crippen LogP contribution in [0, 0.1) is 11.3 Å². The van der Waals surface area contributed by atoms with E-state index >= 15 is 0 Å². The van der Waals surface area contributed by atoms with E-state index in [1.807, 2.05) is 24.3 Å². The Morgan fingerprint density at radius 3 is 2.37 bits per heavy atom. The van der Waals surface area contributed by atoms with E-state index in [2.05, 4.69) is 74.6 Å². The van der Waals surface area contributed by atoms with Gasteiger partial charge in [0, 0.05) is 74.5 Å². The third-order valence-corrected chi connectivity index (χ3v) is 14.1. The molecule has 0 bridgehead atoms. The highest BCUT2D eigenvalue weighted by Gasteiger charge is 2.47. The van der Waals surface area contributed by atoms with Crippen LogP contribution < -0.4 is 24.6 Å².